The van der Waals surface area contributed by atoms with Gasteiger partial charge in [0.15, 0.2) is 9.84 Å². The maximum Gasteiger partial charge on any atom is 0.251 e. The van der Waals surface area contributed by atoms with Gasteiger partial charge in [-0.25, -0.2) is 8.42 Å². The van der Waals surface area contributed by atoms with Crippen LogP contribution in [0.1, 0.15) is 36.2 Å². The summed E-state index contributed by atoms with van der Waals surface area (Å²) >= 11 is 0. The second-order valence-corrected chi connectivity index (χ2v) is 8.97. The predicted molar refractivity (Wildman–Crippen MR) is 94.3 cm³/mol. The molecule has 1 aromatic carbocycles. The lowest BCUT2D eigenvalue weighted by molar-refractivity contribution is 0.0924. The summed E-state index contributed by atoms with van der Waals surface area (Å²) in [7, 11) is 0.844. The molecule has 1 amide bonds. The van der Waals surface area contributed by atoms with Gasteiger partial charge >= 0.3 is 0 Å². The third-order valence-corrected chi connectivity index (χ3v) is 4.15. The predicted octanol–water partition coefficient (Wildman–Crippen LogP) is 1.94. The second-order valence-electron chi connectivity index (χ2n) is 6.83. The molecule has 130 valence electrons. The average Bonchev–Trinajstić information content (AvgIpc) is 2.35. The highest BCUT2D eigenvalue weighted by molar-refractivity contribution is 7.89. The summed E-state index contributed by atoms with van der Waals surface area (Å²) in [4.78, 5) is 14.5. The van der Waals surface area contributed by atoms with E-state index in [2.05, 4.69) is 19.2 Å². The van der Waals surface area contributed by atoms with Crippen LogP contribution in [0, 0.1) is 5.92 Å². The second kappa shape index (κ2) is 8.45. The quantitative estimate of drug-likeness (QED) is 0.785. The van der Waals surface area contributed by atoms with Gasteiger partial charge in [-0.2, -0.15) is 0 Å². The van der Waals surface area contributed by atoms with Gasteiger partial charge in [0.25, 0.3) is 5.91 Å². The molecule has 6 heteroatoms. The molecule has 1 atom stereocenters. The highest BCUT2D eigenvalue weighted by Crippen LogP contribution is 2.11. The lowest BCUT2D eigenvalue weighted by Crippen LogP contribution is -2.42. The third-order valence-electron chi connectivity index (χ3n) is 3.29. The van der Waals surface area contributed by atoms with Crippen molar-refractivity contribution in [1.29, 1.82) is 0 Å². The van der Waals surface area contributed by atoms with Crippen LogP contribution in [0.25, 0.3) is 0 Å². The number of carbonyl (C=O) groups is 1. The zero-order chi connectivity index (χ0) is 17.6. The van der Waals surface area contributed by atoms with Gasteiger partial charge in [0.2, 0.25) is 0 Å². The van der Waals surface area contributed by atoms with E-state index < -0.39 is 9.84 Å². The van der Waals surface area contributed by atoms with Crippen LogP contribution >= 0.6 is 0 Å². The number of nitrogens with zero attached hydrogens (tertiary/aromatic N) is 1. The van der Waals surface area contributed by atoms with Gasteiger partial charge in [-0.05, 0) is 44.1 Å². The standard InChI is InChI=1S/C17H28N2O3S/c1-13(2)9-16(11-19(3)4)18-17(20)15-8-6-7-14(10-15)12-23(5,21)22/h6-8,10,13,16H,9,11-12H2,1-5H3,(H,18,20). The van der Waals surface area contributed by atoms with Crippen LogP contribution < -0.4 is 5.32 Å². The van der Waals surface area contributed by atoms with E-state index in [4.69, 9.17) is 0 Å². The SMILES string of the molecule is CC(C)CC(CN(C)C)NC(=O)c1cccc(CS(C)(=O)=O)c1. The Morgan fingerprint density at radius 3 is 2.43 bits per heavy atom. The summed E-state index contributed by atoms with van der Waals surface area (Å²) in [5, 5.41) is 3.06. The van der Waals surface area contributed by atoms with Crippen LogP contribution in [-0.4, -0.2) is 52.2 Å². The van der Waals surface area contributed by atoms with Crippen LogP contribution in [0.4, 0.5) is 0 Å². The monoisotopic (exact) mass is 340 g/mol. The molecule has 0 bridgehead atoms. The van der Waals surface area contributed by atoms with Gasteiger partial charge < -0.3 is 10.2 Å². The number of rotatable bonds is 8. The zero-order valence-corrected chi connectivity index (χ0v) is 15.5. The Kier molecular flexibility index (Phi) is 7.22. The van der Waals surface area contributed by atoms with Gasteiger partial charge in [0.05, 0.1) is 5.75 Å². The largest absolute Gasteiger partial charge is 0.348 e. The average molecular weight is 340 g/mol. The topological polar surface area (TPSA) is 66.5 Å². The molecule has 0 aromatic heterocycles. The van der Waals surface area contributed by atoms with E-state index in [0.717, 1.165) is 13.0 Å². The number of hydrogen-bond donors (Lipinski definition) is 1. The Morgan fingerprint density at radius 1 is 1.26 bits per heavy atom. The number of benzene rings is 1. The minimum atomic E-state index is -3.11. The van der Waals surface area contributed by atoms with E-state index in [1.165, 1.54) is 6.26 Å². The van der Waals surface area contributed by atoms with Crippen molar-refractivity contribution in [2.45, 2.75) is 32.1 Å². The van der Waals surface area contributed by atoms with Crippen molar-refractivity contribution in [2.75, 3.05) is 26.9 Å². The minimum absolute atomic E-state index is 0.0543. The van der Waals surface area contributed by atoms with E-state index in [0.29, 0.717) is 17.0 Å². The molecule has 23 heavy (non-hydrogen) atoms. The lowest BCUT2D eigenvalue weighted by Gasteiger charge is -2.24. The van der Waals surface area contributed by atoms with E-state index in [1.807, 2.05) is 19.0 Å². The molecular weight excluding hydrogens is 312 g/mol. The number of carbonyl (C=O) groups excluding carboxylic acids is 1. The van der Waals surface area contributed by atoms with E-state index in [9.17, 15) is 13.2 Å². The van der Waals surface area contributed by atoms with Gasteiger partial charge in [0, 0.05) is 24.4 Å². The van der Waals surface area contributed by atoms with Crippen molar-refractivity contribution in [1.82, 2.24) is 10.2 Å². The molecule has 5 nitrogen and oxygen atoms in total. The first-order valence-electron chi connectivity index (χ1n) is 7.79. The number of amides is 1. The van der Waals surface area contributed by atoms with Crippen molar-refractivity contribution < 1.29 is 13.2 Å². The maximum atomic E-state index is 12.5. The molecule has 0 spiro atoms. The molecule has 0 heterocycles. The summed E-state index contributed by atoms with van der Waals surface area (Å²) < 4.78 is 22.8. The molecule has 0 saturated carbocycles. The van der Waals surface area contributed by atoms with Crippen LogP contribution in [0.15, 0.2) is 24.3 Å². The highest BCUT2D eigenvalue weighted by atomic mass is 32.2. The van der Waals surface area contributed by atoms with Crippen molar-refractivity contribution in [3.05, 3.63) is 35.4 Å². The van der Waals surface area contributed by atoms with Crippen LogP contribution in [0.2, 0.25) is 0 Å². The molecule has 0 aliphatic rings. The van der Waals surface area contributed by atoms with Crippen molar-refractivity contribution in [3.8, 4) is 0 Å². The molecule has 1 unspecified atom stereocenters. The molecule has 1 rings (SSSR count). The molecule has 0 radical (unpaired) electrons. The molecule has 0 aliphatic carbocycles. The fourth-order valence-electron chi connectivity index (χ4n) is 2.56. The van der Waals surface area contributed by atoms with Crippen LogP contribution in [0.5, 0.6) is 0 Å². The lowest BCUT2D eigenvalue weighted by atomic mass is 10.0. The molecular formula is C17H28N2O3S. The first kappa shape index (κ1) is 19.6. The zero-order valence-electron chi connectivity index (χ0n) is 14.7. The Hall–Kier alpha value is -1.40. The fourth-order valence-corrected chi connectivity index (χ4v) is 3.35. The first-order chi connectivity index (χ1) is 10.6. The van der Waals surface area contributed by atoms with E-state index in [1.54, 1.807) is 24.3 Å². The molecule has 1 N–H and O–H groups in total. The number of likely N-dealkylation sites (N-methyl/N-ethyl adjacent to an activating group) is 1. The smallest absolute Gasteiger partial charge is 0.251 e. The number of sulfone groups is 1. The fraction of sp³-hybridized carbons (Fsp3) is 0.588. The molecule has 0 aliphatic heterocycles. The van der Waals surface area contributed by atoms with E-state index >= 15 is 0 Å². The summed E-state index contributed by atoms with van der Waals surface area (Å²) in [6.45, 7) is 5.02. The van der Waals surface area contributed by atoms with Crippen molar-refractivity contribution in [2.24, 2.45) is 5.92 Å². The summed E-state index contributed by atoms with van der Waals surface area (Å²) in [5.74, 6) is 0.269. The number of nitrogens with one attached hydrogen (secondary N) is 1. The number of hydrogen-bond acceptors (Lipinski definition) is 4. The molecule has 0 saturated heterocycles. The molecule has 0 fully saturated rings. The van der Waals surface area contributed by atoms with Crippen LogP contribution in [0.3, 0.4) is 0 Å². The van der Waals surface area contributed by atoms with Gasteiger partial charge in [-0.1, -0.05) is 26.0 Å². The maximum absolute atomic E-state index is 12.5. The Labute approximate surface area is 140 Å². The van der Waals surface area contributed by atoms with E-state index in [-0.39, 0.29) is 17.7 Å². The van der Waals surface area contributed by atoms with Crippen molar-refractivity contribution >= 4 is 15.7 Å². The van der Waals surface area contributed by atoms with Crippen LogP contribution in [-0.2, 0) is 15.6 Å². The normalized spacial score (nSPS) is 13.3. The highest BCUT2D eigenvalue weighted by Gasteiger charge is 2.16. The van der Waals surface area contributed by atoms with Gasteiger partial charge in [-0.15, -0.1) is 0 Å². The Morgan fingerprint density at radius 2 is 1.91 bits per heavy atom. The summed E-state index contributed by atoms with van der Waals surface area (Å²) in [5.41, 5.74) is 1.13. The summed E-state index contributed by atoms with van der Waals surface area (Å²) in [6, 6.07) is 6.88. The van der Waals surface area contributed by atoms with Crippen molar-refractivity contribution in [3.63, 3.8) is 0 Å². The third kappa shape index (κ3) is 8.13. The summed E-state index contributed by atoms with van der Waals surface area (Å²) in [6.07, 6.45) is 2.09. The Bertz CT molecular complexity index is 614. The minimum Gasteiger partial charge on any atom is -0.348 e. The van der Waals surface area contributed by atoms with Gasteiger partial charge in [-0.3, -0.25) is 4.79 Å². The Balaban J connectivity index is 2.84. The molecule has 1 aromatic rings. The first-order valence-corrected chi connectivity index (χ1v) is 9.85. The van der Waals surface area contributed by atoms with Gasteiger partial charge in [0.1, 0.15) is 0 Å².